The molecule has 2 heteroatoms. The van der Waals surface area contributed by atoms with E-state index in [0.717, 1.165) is 17.1 Å². The van der Waals surface area contributed by atoms with Gasteiger partial charge in [0.1, 0.15) is 0 Å². The maximum atomic E-state index is 2.56. The molecular weight excluding hydrogens is 1000 g/mol. The van der Waals surface area contributed by atoms with E-state index in [0.29, 0.717) is 0 Å². The van der Waals surface area contributed by atoms with Gasteiger partial charge in [-0.15, -0.1) is 0 Å². The van der Waals surface area contributed by atoms with E-state index in [2.05, 4.69) is 315 Å². The van der Waals surface area contributed by atoms with Gasteiger partial charge in [-0.05, 0) is 154 Å². The topological polar surface area (TPSA) is 8.17 Å². The molecule has 1 spiro atoms. The summed E-state index contributed by atoms with van der Waals surface area (Å²) in [6, 6.07) is 111. The lowest BCUT2D eigenvalue weighted by Crippen LogP contribution is -2.33. The van der Waals surface area contributed by atoms with Crippen molar-refractivity contribution in [2.45, 2.75) is 30.1 Å². The fourth-order valence-electron chi connectivity index (χ4n) is 16.3. The maximum absolute atomic E-state index is 2.56. The molecule has 0 N–H and O–H groups in total. The number of benzene rings is 13. The summed E-state index contributed by atoms with van der Waals surface area (Å²) in [6.07, 6.45) is 0. The smallest absolute Gasteiger partial charge is 0.0754 e. The van der Waals surface area contributed by atoms with Crippen molar-refractivity contribution in [1.82, 2.24) is 4.57 Å². The van der Waals surface area contributed by atoms with Crippen molar-refractivity contribution in [2.75, 3.05) is 4.90 Å². The molecule has 13 aromatic carbocycles. The van der Waals surface area contributed by atoms with Crippen LogP contribution < -0.4 is 4.90 Å². The summed E-state index contributed by atoms with van der Waals surface area (Å²) in [5.41, 5.74) is 29.0. The Kier molecular flexibility index (Phi) is 9.46. The minimum atomic E-state index is -0.560. The molecule has 0 saturated carbocycles. The van der Waals surface area contributed by atoms with Crippen molar-refractivity contribution in [3.05, 3.63) is 347 Å². The normalized spacial score (nSPS) is 15.8. The molecule has 0 saturated heterocycles. The van der Waals surface area contributed by atoms with Crippen molar-refractivity contribution in [1.29, 1.82) is 0 Å². The van der Waals surface area contributed by atoms with Gasteiger partial charge in [0.2, 0.25) is 0 Å². The van der Waals surface area contributed by atoms with Gasteiger partial charge in [0.15, 0.2) is 0 Å². The Hall–Kier alpha value is -10.3. The molecule has 1 unspecified atom stereocenters. The van der Waals surface area contributed by atoms with E-state index >= 15 is 0 Å². The average molecular weight is 1060 g/mol. The highest BCUT2D eigenvalue weighted by Crippen LogP contribution is 2.63. The fraction of sp³-hybridized carbons (Fsp3) is 0.0617. The van der Waals surface area contributed by atoms with E-state index in [9.17, 15) is 0 Å². The number of hydrogen-bond donors (Lipinski definition) is 0. The monoisotopic (exact) mass is 1050 g/mol. The molecule has 83 heavy (non-hydrogen) atoms. The van der Waals surface area contributed by atoms with Gasteiger partial charge in [0.05, 0.1) is 33.2 Å². The van der Waals surface area contributed by atoms with Gasteiger partial charge in [-0.1, -0.05) is 257 Å². The second-order valence-corrected chi connectivity index (χ2v) is 23.8. The molecule has 388 valence electrons. The van der Waals surface area contributed by atoms with Gasteiger partial charge < -0.3 is 9.47 Å². The van der Waals surface area contributed by atoms with Crippen molar-refractivity contribution in [3.8, 4) is 50.2 Å². The molecule has 0 amide bonds. The summed E-state index contributed by atoms with van der Waals surface area (Å²) in [5.74, 6) is 0. The molecule has 0 bridgehead atoms. The van der Waals surface area contributed by atoms with Crippen LogP contribution in [0.4, 0.5) is 17.1 Å². The first kappa shape index (κ1) is 46.5. The number of nitrogens with zero attached hydrogens (tertiary/aromatic N) is 2. The summed E-state index contributed by atoms with van der Waals surface area (Å²) < 4.78 is 2.53. The molecule has 0 radical (unpaired) electrons. The summed E-state index contributed by atoms with van der Waals surface area (Å²) in [4.78, 5) is 2.56. The number of rotatable bonds is 6. The largest absolute Gasteiger partial charge is 0.310 e. The summed E-state index contributed by atoms with van der Waals surface area (Å²) in [5, 5.41) is 4.96. The maximum Gasteiger partial charge on any atom is 0.0754 e. The molecular formula is C81H54N2. The van der Waals surface area contributed by atoms with Gasteiger partial charge in [-0.3, -0.25) is 0 Å². The van der Waals surface area contributed by atoms with E-state index in [1.54, 1.807) is 0 Å². The molecule has 0 fully saturated rings. The zero-order valence-corrected chi connectivity index (χ0v) is 46.1. The highest BCUT2D eigenvalue weighted by atomic mass is 15.1. The molecule has 4 aliphatic rings. The first-order chi connectivity index (χ1) is 41.0. The van der Waals surface area contributed by atoms with Crippen LogP contribution in [0.1, 0.15) is 69.5 Å². The predicted molar refractivity (Wildman–Crippen MR) is 344 cm³/mol. The lowest BCUT2D eigenvalue weighted by Gasteiger charge is -2.39. The Morgan fingerprint density at radius 1 is 0.289 bits per heavy atom. The van der Waals surface area contributed by atoms with Crippen LogP contribution in [0.15, 0.2) is 291 Å². The lowest BCUT2D eigenvalue weighted by atomic mass is 9.65. The number of aromatic nitrogens is 1. The Morgan fingerprint density at radius 2 is 0.759 bits per heavy atom. The second kappa shape index (κ2) is 16.9. The molecule has 3 aliphatic carbocycles. The standard InChI is InChI=1S/C81H54N2/c1-79(2)67-33-15-11-27-58(67)61-44-41-54(49-72(61)79)82(55-42-45-63-59-28-12-16-34-68(59)80(74(63)50-55,52-22-5-3-6-23-52)53-24-7-4-8-25-53)76-47-46-56(57-26-9-10-30-64(57)76)51-40-43-62-60-29-13-17-35-69(60)81(73(62)48-51)70-36-18-20-39-77(70)83-75-38-19-14-31-65(75)66-32-21-37-71(81)78(66)83/h3-50H,1-2H3. The summed E-state index contributed by atoms with van der Waals surface area (Å²) >= 11 is 0. The van der Waals surface area contributed by atoms with Gasteiger partial charge in [0, 0.05) is 32.9 Å². The van der Waals surface area contributed by atoms with Crippen molar-refractivity contribution < 1.29 is 0 Å². The van der Waals surface area contributed by atoms with Gasteiger partial charge in [-0.2, -0.15) is 0 Å². The zero-order valence-electron chi connectivity index (χ0n) is 46.1. The van der Waals surface area contributed by atoms with Crippen LogP contribution in [0.25, 0.3) is 82.8 Å². The van der Waals surface area contributed by atoms with Crippen LogP contribution in [-0.2, 0) is 16.2 Å². The number of para-hydroxylation sites is 3. The number of anilines is 3. The summed E-state index contributed by atoms with van der Waals surface area (Å²) in [7, 11) is 0. The molecule has 2 nitrogen and oxygen atoms in total. The average Bonchev–Trinajstić information content (AvgIpc) is 2.02. The third-order valence-electron chi connectivity index (χ3n) is 19.7. The Bertz CT molecular complexity index is 5040. The molecule has 14 aromatic rings. The van der Waals surface area contributed by atoms with E-state index in [1.165, 1.54) is 138 Å². The minimum Gasteiger partial charge on any atom is -0.310 e. The van der Waals surface area contributed by atoms with Crippen LogP contribution in [0.3, 0.4) is 0 Å². The molecule has 1 atom stereocenters. The van der Waals surface area contributed by atoms with E-state index in [-0.39, 0.29) is 5.41 Å². The van der Waals surface area contributed by atoms with Crippen LogP contribution in [0.2, 0.25) is 0 Å². The molecule has 18 rings (SSSR count). The van der Waals surface area contributed by atoms with E-state index in [1.807, 2.05) is 0 Å². The number of fused-ring (bicyclic) bond motifs is 19. The number of hydrogen-bond acceptors (Lipinski definition) is 1. The van der Waals surface area contributed by atoms with Crippen LogP contribution in [0.5, 0.6) is 0 Å². The van der Waals surface area contributed by atoms with Gasteiger partial charge in [0.25, 0.3) is 0 Å². The quantitative estimate of drug-likeness (QED) is 0.161. The van der Waals surface area contributed by atoms with Crippen LogP contribution in [0, 0.1) is 0 Å². The Labute approximate surface area is 483 Å². The summed E-state index contributed by atoms with van der Waals surface area (Å²) in [6.45, 7) is 4.78. The lowest BCUT2D eigenvalue weighted by molar-refractivity contribution is 0.660. The molecule has 2 heterocycles. The van der Waals surface area contributed by atoms with Crippen LogP contribution >= 0.6 is 0 Å². The van der Waals surface area contributed by atoms with Crippen molar-refractivity contribution in [3.63, 3.8) is 0 Å². The second-order valence-electron chi connectivity index (χ2n) is 23.8. The predicted octanol–water partition coefficient (Wildman–Crippen LogP) is 20.4. The minimum absolute atomic E-state index is 0.194. The van der Waals surface area contributed by atoms with Gasteiger partial charge in [-0.25, -0.2) is 0 Å². The van der Waals surface area contributed by atoms with Gasteiger partial charge >= 0.3 is 0 Å². The van der Waals surface area contributed by atoms with E-state index in [4.69, 9.17) is 0 Å². The highest BCUT2D eigenvalue weighted by Gasteiger charge is 2.51. The first-order valence-corrected chi connectivity index (χ1v) is 29.2. The molecule has 1 aliphatic heterocycles. The van der Waals surface area contributed by atoms with Crippen molar-refractivity contribution >= 4 is 49.6 Å². The third kappa shape index (κ3) is 5.97. The highest BCUT2D eigenvalue weighted by molar-refractivity contribution is 6.13. The Morgan fingerprint density at radius 3 is 1.46 bits per heavy atom. The first-order valence-electron chi connectivity index (χ1n) is 29.2. The van der Waals surface area contributed by atoms with Crippen LogP contribution in [-0.4, -0.2) is 4.57 Å². The zero-order chi connectivity index (χ0) is 54.8. The van der Waals surface area contributed by atoms with Crippen molar-refractivity contribution in [2.24, 2.45) is 0 Å². The third-order valence-corrected chi connectivity index (χ3v) is 19.7. The fourth-order valence-corrected chi connectivity index (χ4v) is 16.3. The molecule has 1 aromatic heterocycles. The van der Waals surface area contributed by atoms with E-state index < -0.39 is 10.8 Å². The SMILES string of the molecule is CC1(C)c2ccccc2-c2ccc(N(c3ccc4c(c3)C(c3ccccc3)(c3ccccc3)c3ccccc3-4)c3ccc(-c4ccc5c(c4)C4(c6ccccc6-5)c5ccccc5-n5c6ccccc6c6cccc4c65)c4ccccc34)cc21. The Balaban J connectivity index is 0.875.